The van der Waals surface area contributed by atoms with Crippen LogP contribution in [-0.2, 0) is 0 Å². The molecule has 7 nitrogen and oxygen atoms in total. The second kappa shape index (κ2) is 7.98. The number of hydrogen-bond donors (Lipinski definition) is 0. The molecular weight excluding hydrogens is 392 g/mol. The molecule has 1 saturated carbocycles. The quantitative estimate of drug-likeness (QED) is 0.633. The summed E-state index contributed by atoms with van der Waals surface area (Å²) in [5, 5.41) is 0. The summed E-state index contributed by atoms with van der Waals surface area (Å²) in [5.41, 5.74) is 2.25. The predicted octanol–water partition coefficient (Wildman–Crippen LogP) is 3.54. The molecule has 5 rings (SSSR count). The fourth-order valence-electron chi connectivity index (χ4n) is 4.69. The molecular formula is C24H24N4O3. The van der Waals surface area contributed by atoms with Crippen molar-refractivity contribution < 1.29 is 14.3 Å². The van der Waals surface area contributed by atoms with E-state index in [0.29, 0.717) is 34.5 Å². The summed E-state index contributed by atoms with van der Waals surface area (Å²) in [6.07, 6.45) is 6.95. The van der Waals surface area contributed by atoms with Gasteiger partial charge in [0.1, 0.15) is 11.9 Å². The Labute approximate surface area is 181 Å². The van der Waals surface area contributed by atoms with Crippen molar-refractivity contribution in [3.8, 4) is 23.0 Å². The summed E-state index contributed by atoms with van der Waals surface area (Å²) < 4.78 is 11.7. The fraction of sp³-hybridized carbons (Fsp3) is 0.333. The molecule has 2 aliphatic rings. The van der Waals surface area contributed by atoms with E-state index in [-0.39, 0.29) is 18.1 Å². The minimum atomic E-state index is -0.0717. The maximum absolute atomic E-state index is 13.8. The molecule has 1 saturated heterocycles. The largest absolute Gasteiger partial charge is 0.496 e. The van der Waals surface area contributed by atoms with E-state index in [9.17, 15) is 4.79 Å². The third kappa shape index (κ3) is 3.60. The first kappa shape index (κ1) is 19.5. The number of likely N-dealkylation sites (tertiary alicyclic amines) is 1. The second-order valence-corrected chi connectivity index (χ2v) is 8.15. The molecule has 3 atom stereocenters. The van der Waals surface area contributed by atoms with Crippen molar-refractivity contribution in [1.82, 2.24) is 19.9 Å². The van der Waals surface area contributed by atoms with Gasteiger partial charge in [-0.15, -0.1) is 0 Å². The van der Waals surface area contributed by atoms with E-state index >= 15 is 0 Å². The summed E-state index contributed by atoms with van der Waals surface area (Å²) in [6, 6.07) is 11.2. The van der Waals surface area contributed by atoms with Crippen molar-refractivity contribution in [3.05, 3.63) is 66.1 Å². The van der Waals surface area contributed by atoms with Crippen molar-refractivity contribution in [2.75, 3.05) is 13.7 Å². The van der Waals surface area contributed by atoms with Gasteiger partial charge in [-0.25, -0.2) is 15.0 Å². The molecule has 3 aromatic rings. The minimum Gasteiger partial charge on any atom is -0.496 e. The molecule has 3 heterocycles. The maximum atomic E-state index is 13.8. The zero-order chi connectivity index (χ0) is 21.4. The number of carbonyl (C=O) groups excluding carboxylic acids is 1. The number of aryl methyl sites for hydroxylation is 1. The van der Waals surface area contributed by atoms with E-state index in [1.165, 1.54) is 0 Å². The number of amides is 1. The van der Waals surface area contributed by atoms with Crippen molar-refractivity contribution >= 4 is 5.91 Å². The van der Waals surface area contributed by atoms with Crippen LogP contribution in [0.25, 0.3) is 11.4 Å². The second-order valence-electron chi connectivity index (χ2n) is 8.15. The maximum Gasteiger partial charge on any atom is 0.258 e. The summed E-state index contributed by atoms with van der Waals surface area (Å²) in [7, 11) is 1.58. The van der Waals surface area contributed by atoms with E-state index in [0.717, 1.165) is 24.9 Å². The Morgan fingerprint density at radius 1 is 1.06 bits per heavy atom. The molecule has 7 heteroatoms. The van der Waals surface area contributed by atoms with Gasteiger partial charge in [-0.3, -0.25) is 4.79 Å². The first-order chi connectivity index (χ1) is 15.1. The van der Waals surface area contributed by atoms with Gasteiger partial charge in [0.15, 0.2) is 5.82 Å². The highest BCUT2D eigenvalue weighted by Crippen LogP contribution is 2.42. The Morgan fingerprint density at radius 2 is 1.90 bits per heavy atom. The van der Waals surface area contributed by atoms with Gasteiger partial charge in [0, 0.05) is 36.8 Å². The molecule has 2 fully saturated rings. The van der Waals surface area contributed by atoms with Crippen LogP contribution in [0.15, 0.2) is 55.0 Å². The molecule has 1 aliphatic carbocycles. The SMILES string of the molecule is COc1cccc(-c2ncccn2)c1C(=O)N1CC2CC(Oc3ccc(C)cn3)C1C2. The highest BCUT2D eigenvalue weighted by Gasteiger charge is 2.49. The van der Waals surface area contributed by atoms with Gasteiger partial charge in [-0.1, -0.05) is 18.2 Å². The number of hydrogen-bond acceptors (Lipinski definition) is 6. The molecule has 0 spiro atoms. The normalized spacial score (nSPS) is 21.9. The summed E-state index contributed by atoms with van der Waals surface area (Å²) in [6.45, 7) is 2.72. The van der Waals surface area contributed by atoms with Gasteiger partial charge >= 0.3 is 0 Å². The van der Waals surface area contributed by atoms with Crippen LogP contribution >= 0.6 is 0 Å². The average Bonchev–Trinajstić information content (AvgIpc) is 3.41. The van der Waals surface area contributed by atoms with Gasteiger partial charge in [0.25, 0.3) is 5.91 Å². The molecule has 1 amide bonds. The molecule has 31 heavy (non-hydrogen) atoms. The standard InChI is InChI=1S/C24H24N4O3/c1-15-7-8-21(27-13-15)31-20-12-16-11-18(20)28(14-16)24(29)22-17(5-3-6-19(22)30-2)23-25-9-4-10-26-23/h3-10,13,16,18,20H,11-12,14H2,1-2H3. The van der Waals surface area contributed by atoms with Crippen LogP contribution in [0.3, 0.4) is 0 Å². The third-order valence-corrected chi connectivity index (χ3v) is 6.11. The molecule has 1 aliphatic heterocycles. The van der Waals surface area contributed by atoms with E-state index in [1.54, 1.807) is 37.8 Å². The van der Waals surface area contributed by atoms with Gasteiger partial charge < -0.3 is 14.4 Å². The highest BCUT2D eigenvalue weighted by atomic mass is 16.5. The molecule has 2 bridgehead atoms. The molecule has 0 radical (unpaired) electrons. The lowest BCUT2D eigenvalue weighted by Gasteiger charge is -2.33. The van der Waals surface area contributed by atoms with Crippen LogP contribution in [0.4, 0.5) is 0 Å². The Kier molecular flexibility index (Phi) is 5.02. The van der Waals surface area contributed by atoms with Crippen LogP contribution in [0.5, 0.6) is 11.6 Å². The van der Waals surface area contributed by atoms with Crippen LogP contribution in [0.2, 0.25) is 0 Å². The van der Waals surface area contributed by atoms with Gasteiger partial charge in [-0.05, 0) is 43.4 Å². The first-order valence-corrected chi connectivity index (χ1v) is 10.5. The lowest BCUT2D eigenvalue weighted by molar-refractivity contribution is 0.0464. The zero-order valence-electron chi connectivity index (χ0n) is 17.6. The van der Waals surface area contributed by atoms with Gasteiger partial charge in [-0.2, -0.15) is 0 Å². The number of methoxy groups -OCH3 is 1. The predicted molar refractivity (Wildman–Crippen MR) is 115 cm³/mol. The number of fused-ring (bicyclic) bond motifs is 2. The Balaban J connectivity index is 1.45. The Morgan fingerprint density at radius 3 is 2.61 bits per heavy atom. The van der Waals surface area contributed by atoms with E-state index in [2.05, 4.69) is 15.0 Å². The smallest absolute Gasteiger partial charge is 0.258 e. The molecule has 2 aromatic heterocycles. The average molecular weight is 416 g/mol. The number of pyridine rings is 1. The number of ether oxygens (including phenoxy) is 2. The number of aromatic nitrogens is 3. The number of rotatable bonds is 5. The number of benzene rings is 1. The number of carbonyl (C=O) groups is 1. The third-order valence-electron chi connectivity index (χ3n) is 6.11. The van der Waals surface area contributed by atoms with Crippen molar-refractivity contribution in [3.63, 3.8) is 0 Å². The van der Waals surface area contributed by atoms with E-state index in [1.807, 2.05) is 36.1 Å². The number of nitrogens with zero attached hydrogens (tertiary/aromatic N) is 4. The monoisotopic (exact) mass is 416 g/mol. The highest BCUT2D eigenvalue weighted by molar-refractivity contribution is 6.03. The summed E-state index contributed by atoms with van der Waals surface area (Å²) in [5.74, 6) is 1.99. The molecule has 0 N–H and O–H groups in total. The van der Waals surface area contributed by atoms with Crippen LogP contribution in [0.1, 0.15) is 28.8 Å². The minimum absolute atomic E-state index is 0.00931. The van der Waals surface area contributed by atoms with Crippen molar-refractivity contribution in [1.29, 1.82) is 0 Å². The van der Waals surface area contributed by atoms with Crippen LogP contribution < -0.4 is 9.47 Å². The van der Waals surface area contributed by atoms with Crippen molar-refractivity contribution in [2.45, 2.75) is 31.9 Å². The topological polar surface area (TPSA) is 77.4 Å². The van der Waals surface area contributed by atoms with Gasteiger partial charge in [0.2, 0.25) is 5.88 Å². The van der Waals surface area contributed by atoms with Crippen molar-refractivity contribution in [2.24, 2.45) is 5.92 Å². The lowest BCUT2D eigenvalue weighted by atomic mass is 10.0. The van der Waals surface area contributed by atoms with Crippen LogP contribution in [-0.4, -0.2) is 51.6 Å². The Bertz CT molecular complexity index is 1090. The van der Waals surface area contributed by atoms with E-state index < -0.39 is 0 Å². The molecule has 1 aromatic carbocycles. The zero-order valence-corrected chi connectivity index (χ0v) is 17.6. The number of piperidine rings is 1. The van der Waals surface area contributed by atoms with Gasteiger partial charge in [0.05, 0.1) is 18.7 Å². The molecule has 3 unspecified atom stereocenters. The molecule has 158 valence electrons. The first-order valence-electron chi connectivity index (χ1n) is 10.5. The fourth-order valence-corrected chi connectivity index (χ4v) is 4.69. The summed E-state index contributed by atoms with van der Waals surface area (Å²) in [4.78, 5) is 28.8. The van der Waals surface area contributed by atoms with Crippen LogP contribution in [0, 0.1) is 12.8 Å². The Hall–Kier alpha value is -3.48. The summed E-state index contributed by atoms with van der Waals surface area (Å²) >= 11 is 0. The van der Waals surface area contributed by atoms with E-state index in [4.69, 9.17) is 9.47 Å². The lowest BCUT2D eigenvalue weighted by Crippen LogP contribution is -2.47.